The summed E-state index contributed by atoms with van der Waals surface area (Å²) in [6, 6.07) is 1.30. The SMILES string of the molecule is CNC(C)CCC=C(C)C.CNC(C)CCC=C(C)C.O=C(O)C(O)C(O)C(O)C(O)C(=O)O. The summed E-state index contributed by atoms with van der Waals surface area (Å²) in [6.07, 6.45) is 0.162. The molecule has 10 heteroatoms. The quantitative estimate of drug-likeness (QED) is 0.175. The Bertz CT molecular complexity index is 550. The van der Waals surface area contributed by atoms with Gasteiger partial charge in [0.05, 0.1) is 0 Å². The van der Waals surface area contributed by atoms with Crippen LogP contribution in [0.5, 0.6) is 0 Å². The van der Waals surface area contributed by atoms with Crippen molar-refractivity contribution < 1.29 is 40.2 Å². The van der Waals surface area contributed by atoms with E-state index in [9.17, 15) is 9.59 Å². The van der Waals surface area contributed by atoms with Crippen LogP contribution < -0.4 is 10.6 Å². The minimum absolute atomic E-state index is 0.649. The van der Waals surface area contributed by atoms with Crippen molar-refractivity contribution >= 4 is 11.9 Å². The first kappa shape index (κ1) is 36.7. The van der Waals surface area contributed by atoms with Crippen molar-refractivity contribution in [1.29, 1.82) is 0 Å². The van der Waals surface area contributed by atoms with Crippen molar-refractivity contribution in [3.05, 3.63) is 23.3 Å². The highest BCUT2D eigenvalue weighted by atomic mass is 16.4. The highest BCUT2D eigenvalue weighted by Crippen LogP contribution is 2.05. The third-order valence-corrected chi connectivity index (χ3v) is 4.79. The summed E-state index contributed by atoms with van der Waals surface area (Å²) in [5.41, 5.74) is 2.84. The van der Waals surface area contributed by atoms with Crippen LogP contribution in [0.3, 0.4) is 0 Å². The Labute approximate surface area is 204 Å². The van der Waals surface area contributed by atoms with E-state index in [1.807, 2.05) is 14.1 Å². The lowest BCUT2D eigenvalue weighted by Gasteiger charge is -2.21. The Morgan fingerprint density at radius 2 is 0.941 bits per heavy atom. The Morgan fingerprint density at radius 3 is 1.12 bits per heavy atom. The predicted molar refractivity (Wildman–Crippen MR) is 134 cm³/mol. The molecular formula is C24H48N2O8. The van der Waals surface area contributed by atoms with Crippen molar-refractivity contribution in [1.82, 2.24) is 10.6 Å². The van der Waals surface area contributed by atoms with Crippen molar-refractivity contribution in [2.75, 3.05) is 14.1 Å². The van der Waals surface area contributed by atoms with E-state index < -0.39 is 36.4 Å². The van der Waals surface area contributed by atoms with Crippen LogP contribution >= 0.6 is 0 Å². The number of aliphatic hydroxyl groups is 4. The molecule has 0 heterocycles. The third-order valence-electron chi connectivity index (χ3n) is 4.79. The molecule has 10 nitrogen and oxygen atoms in total. The maximum absolute atomic E-state index is 10.1. The van der Waals surface area contributed by atoms with Gasteiger partial charge in [-0.15, -0.1) is 0 Å². The molecule has 0 spiro atoms. The fraction of sp³-hybridized carbons (Fsp3) is 0.750. The van der Waals surface area contributed by atoms with E-state index in [4.69, 9.17) is 30.6 Å². The van der Waals surface area contributed by atoms with Gasteiger partial charge in [0.25, 0.3) is 0 Å². The number of carboxylic acids is 2. The van der Waals surface area contributed by atoms with Gasteiger partial charge in [0.2, 0.25) is 0 Å². The van der Waals surface area contributed by atoms with Crippen molar-refractivity contribution in [3.63, 3.8) is 0 Å². The summed E-state index contributed by atoms with van der Waals surface area (Å²) >= 11 is 0. The van der Waals surface area contributed by atoms with Gasteiger partial charge in [0.1, 0.15) is 12.2 Å². The van der Waals surface area contributed by atoms with Crippen molar-refractivity contribution in [3.8, 4) is 0 Å². The molecule has 0 radical (unpaired) electrons. The van der Waals surface area contributed by atoms with Gasteiger partial charge in [-0.2, -0.15) is 0 Å². The molecule has 8 N–H and O–H groups in total. The largest absolute Gasteiger partial charge is 0.479 e. The molecule has 0 saturated heterocycles. The van der Waals surface area contributed by atoms with E-state index in [0.717, 1.165) is 0 Å². The van der Waals surface area contributed by atoms with Crippen LogP contribution in [0.25, 0.3) is 0 Å². The number of rotatable bonds is 13. The van der Waals surface area contributed by atoms with Crippen LogP contribution in [0, 0.1) is 0 Å². The van der Waals surface area contributed by atoms with Gasteiger partial charge < -0.3 is 41.3 Å². The molecule has 0 aliphatic rings. The van der Waals surface area contributed by atoms with Crippen LogP contribution in [0.15, 0.2) is 23.3 Å². The lowest BCUT2D eigenvalue weighted by atomic mass is 10.0. The normalized spacial score (nSPS) is 15.5. The first-order chi connectivity index (χ1) is 15.6. The van der Waals surface area contributed by atoms with Crippen LogP contribution in [-0.2, 0) is 9.59 Å². The summed E-state index contributed by atoms with van der Waals surface area (Å²) in [4.78, 5) is 20.2. The summed E-state index contributed by atoms with van der Waals surface area (Å²) in [6.45, 7) is 13.0. The van der Waals surface area contributed by atoms with Crippen LogP contribution in [0.2, 0.25) is 0 Å². The fourth-order valence-corrected chi connectivity index (χ4v) is 2.20. The van der Waals surface area contributed by atoms with Crippen molar-refractivity contribution in [2.24, 2.45) is 0 Å². The summed E-state index contributed by atoms with van der Waals surface area (Å²) in [5.74, 6) is -3.68. The maximum atomic E-state index is 10.1. The second-order valence-corrected chi connectivity index (χ2v) is 8.64. The van der Waals surface area contributed by atoms with Crippen LogP contribution in [0.1, 0.15) is 67.2 Å². The molecule has 0 aromatic rings. The first-order valence-corrected chi connectivity index (χ1v) is 11.4. The van der Waals surface area contributed by atoms with Crippen molar-refractivity contribution in [2.45, 2.75) is 104 Å². The number of carboxylic acid groups (broad SMARTS) is 2. The summed E-state index contributed by atoms with van der Waals surface area (Å²) in [7, 11) is 4.01. The monoisotopic (exact) mass is 492 g/mol. The molecular weight excluding hydrogens is 444 g/mol. The number of aliphatic carboxylic acids is 2. The van der Waals surface area contributed by atoms with Gasteiger partial charge in [-0.25, -0.2) is 9.59 Å². The Balaban J connectivity index is -0.000000434. The zero-order valence-corrected chi connectivity index (χ0v) is 21.9. The van der Waals surface area contributed by atoms with Crippen LogP contribution in [-0.4, -0.2) is 93.2 Å². The van der Waals surface area contributed by atoms with Gasteiger partial charge in [-0.1, -0.05) is 23.3 Å². The smallest absolute Gasteiger partial charge is 0.335 e. The highest BCUT2D eigenvalue weighted by Gasteiger charge is 2.37. The highest BCUT2D eigenvalue weighted by molar-refractivity contribution is 5.75. The molecule has 6 unspecified atom stereocenters. The van der Waals surface area contributed by atoms with Crippen LogP contribution in [0.4, 0.5) is 0 Å². The second kappa shape index (κ2) is 21.7. The van der Waals surface area contributed by atoms with Gasteiger partial charge in [-0.05, 0) is 81.3 Å². The minimum atomic E-state index is -2.36. The lowest BCUT2D eigenvalue weighted by Crippen LogP contribution is -2.49. The average molecular weight is 493 g/mol. The Hall–Kier alpha value is -1.82. The topological polar surface area (TPSA) is 180 Å². The second-order valence-electron chi connectivity index (χ2n) is 8.64. The molecule has 0 rings (SSSR count). The predicted octanol–water partition coefficient (Wildman–Crippen LogP) is 1.28. The van der Waals surface area contributed by atoms with Gasteiger partial charge in [0.15, 0.2) is 12.2 Å². The molecule has 0 bridgehead atoms. The Morgan fingerprint density at radius 1 is 0.676 bits per heavy atom. The average Bonchev–Trinajstić information content (AvgIpc) is 2.76. The molecule has 0 fully saturated rings. The van der Waals surface area contributed by atoms with E-state index in [-0.39, 0.29) is 0 Å². The Kier molecular flexibility index (Phi) is 23.4. The molecule has 0 saturated carbocycles. The lowest BCUT2D eigenvalue weighted by molar-refractivity contribution is -0.172. The molecule has 0 aliphatic heterocycles. The number of hydrogen-bond donors (Lipinski definition) is 8. The zero-order chi connectivity index (χ0) is 27.4. The van der Waals surface area contributed by atoms with Gasteiger partial charge in [0, 0.05) is 12.1 Å². The molecule has 0 aliphatic carbocycles. The molecule has 202 valence electrons. The fourth-order valence-electron chi connectivity index (χ4n) is 2.20. The standard InChI is InChI=1S/2C9H19N.C6H10O8/c2*1-8(2)6-5-7-9(3)10-4;7-1(3(9)5(11)12)2(8)4(10)6(13)14/h2*6,9-10H,5,7H2,1-4H3;1-4,7-10H,(H,11,12)(H,13,14). The number of nitrogens with one attached hydrogen (secondary N) is 2. The van der Waals surface area contributed by atoms with E-state index in [0.29, 0.717) is 12.1 Å². The maximum Gasteiger partial charge on any atom is 0.335 e. The zero-order valence-electron chi connectivity index (χ0n) is 21.9. The molecule has 34 heavy (non-hydrogen) atoms. The van der Waals surface area contributed by atoms with Gasteiger partial charge >= 0.3 is 11.9 Å². The van der Waals surface area contributed by atoms with E-state index in [2.05, 4.69) is 64.3 Å². The van der Waals surface area contributed by atoms with E-state index in [1.165, 1.54) is 36.8 Å². The summed E-state index contributed by atoms with van der Waals surface area (Å²) in [5, 5.41) is 57.9. The minimum Gasteiger partial charge on any atom is -0.479 e. The number of aliphatic hydroxyl groups excluding tert-OH is 4. The molecule has 0 aromatic heterocycles. The third kappa shape index (κ3) is 22.0. The number of hydrogen-bond acceptors (Lipinski definition) is 8. The first-order valence-electron chi connectivity index (χ1n) is 11.4. The summed E-state index contributed by atoms with van der Waals surface area (Å²) < 4.78 is 0. The molecule has 0 aromatic carbocycles. The van der Waals surface area contributed by atoms with E-state index in [1.54, 1.807) is 0 Å². The van der Waals surface area contributed by atoms with E-state index >= 15 is 0 Å². The van der Waals surface area contributed by atoms with Gasteiger partial charge in [-0.3, -0.25) is 0 Å². The number of carbonyl (C=O) groups is 2. The molecule has 0 amide bonds. The number of allylic oxidation sites excluding steroid dienone is 4. The molecule has 6 atom stereocenters.